The number of guanidine groups is 1. The van der Waals surface area contributed by atoms with Gasteiger partial charge in [0.25, 0.3) is 0 Å². The number of hydrogen-bond acceptors (Lipinski definition) is 4. The third-order valence-electron chi connectivity index (χ3n) is 4.26. The Bertz CT molecular complexity index is 319. The maximum atomic E-state index is 9.67. The van der Waals surface area contributed by atoms with Gasteiger partial charge in [-0.05, 0) is 31.4 Å². The van der Waals surface area contributed by atoms with Crippen molar-refractivity contribution in [2.45, 2.75) is 30.9 Å². The Labute approximate surface area is 149 Å². The van der Waals surface area contributed by atoms with Gasteiger partial charge < -0.3 is 20.5 Å². The summed E-state index contributed by atoms with van der Waals surface area (Å²) in [5.74, 6) is 2.13. The van der Waals surface area contributed by atoms with Crippen molar-refractivity contribution in [3.63, 3.8) is 0 Å². The van der Waals surface area contributed by atoms with Gasteiger partial charge in [0.2, 0.25) is 0 Å². The first-order chi connectivity index (χ1) is 9.78. The van der Waals surface area contributed by atoms with Crippen LogP contribution in [0.25, 0.3) is 0 Å². The van der Waals surface area contributed by atoms with Crippen molar-refractivity contribution in [3.05, 3.63) is 0 Å². The molecule has 2 fully saturated rings. The van der Waals surface area contributed by atoms with Crippen LogP contribution < -0.4 is 10.6 Å². The van der Waals surface area contributed by atoms with E-state index in [9.17, 15) is 5.11 Å². The molecule has 0 aromatic rings. The topological polar surface area (TPSA) is 65.9 Å². The average Bonchev–Trinajstić information content (AvgIpc) is 3.02. The number of nitrogens with zero attached hydrogens (tertiary/aromatic N) is 1. The van der Waals surface area contributed by atoms with Gasteiger partial charge in [-0.3, -0.25) is 4.99 Å². The Kier molecular flexibility index (Phi) is 9.31. The van der Waals surface area contributed by atoms with E-state index in [-0.39, 0.29) is 36.0 Å². The van der Waals surface area contributed by atoms with E-state index in [1.807, 2.05) is 11.8 Å². The second-order valence-electron chi connectivity index (χ2n) is 5.71. The summed E-state index contributed by atoms with van der Waals surface area (Å²) in [4.78, 5) is 4.27. The molecule has 2 heterocycles. The Hall–Kier alpha value is 0.270. The van der Waals surface area contributed by atoms with Gasteiger partial charge in [0, 0.05) is 44.0 Å². The minimum atomic E-state index is -0.0576. The van der Waals surface area contributed by atoms with E-state index in [4.69, 9.17) is 4.74 Å². The van der Waals surface area contributed by atoms with E-state index >= 15 is 0 Å². The molecule has 7 heteroatoms. The number of aliphatic hydroxyl groups is 1. The highest BCUT2D eigenvalue weighted by atomic mass is 127. The maximum absolute atomic E-state index is 9.67. The van der Waals surface area contributed by atoms with Crippen LogP contribution in [0.2, 0.25) is 0 Å². The molecule has 0 spiro atoms. The maximum Gasteiger partial charge on any atom is 0.191 e. The molecule has 2 saturated heterocycles. The van der Waals surface area contributed by atoms with Gasteiger partial charge in [-0.1, -0.05) is 0 Å². The summed E-state index contributed by atoms with van der Waals surface area (Å²) < 4.78 is 5.39. The fourth-order valence-electron chi connectivity index (χ4n) is 2.70. The molecule has 5 nitrogen and oxygen atoms in total. The van der Waals surface area contributed by atoms with E-state index in [0.717, 1.165) is 45.1 Å². The van der Waals surface area contributed by atoms with Crippen molar-refractivity contribution in [1.82, 2.24) is 10.6 Å². The highest BCUT2D eigenvalue weighted by Crippen LogP contribution is 2.29. The molecule has 0 bridgehead atoms. The molecule has 0 aromatic carbocycles. The SMILES string of the molecule is CN=C(NCC1CCCS1)NCC1(CO)CCOCC1.I. The standard InChI is InChI=1S/C14H27N3O2S.HI/c1-15-13(16-9-12-3-2-8-20-12)17-10-14(11-18)4-6-19-7-5-14;/h12,18H,2-11H2,1H3,(H2,15,16,17);1H. The number of thioether (sulfide) groups is 1. The first-order valence-corrected chi connectivity index (χ1v) is 8.58. The lowest BCUT2D eigenvalue weighted by Crippen LogP contribution is -2.48. The molecule has 1 unspecified atom stereocenters. The fourth-order valence-corrected chi connectivity index (χ4v) is 3.90. The first-order valence-electron chi connectivity index (χ1n) is 7.53. The number of hydrogen-bond donors (Lipinski definition) is 3. The quantitative estimate of drug-likeness (QED) is 0.351. The summed E-state index contributed by atoms with van der Waals surface area (Å²) in [7, 11) is 1.80. The molecule has 21 heavy (non-hydrogen) atoms. The van der Waals surface area contributed by atoms with Crippen molar-refractivity contribution < 1.29 is 9.84 Å². The van der Waals surface area contributed by atoms with Crippen LogP contribution in [0.3, 0.4) is 0 Å². The second-order valence-corrected chi connectivity index (χ2v) is 7.12. The van der Waals surface area contributed by atoms with E-state index in [1.54, 1.807) is 7.05 Å². The van der Waals surface area contributed by atoms with Crippen LogP contribution in [-0.4, -0.2) is 62.0 Å². The molecule has 2 aliphatic rings. The zero-order valence-corrected chi connectivity index (χ0v) is 15.9. The van der Waals surface area contributed by atoms with Gasteiger partial charge in [0.15, 0.2) is 5.96 Å². The molecule has 124 valence electrons. The van der Waals surface area contributed by atoms with Gasteiger partial charge in [0.05, 0.1) is 6.61 Å². The molecule has 2 aliphatic heterocycles. The molecule has 0 aromatic heterocycles. The minimum absolute atomic E-state index is 0. The van der Waals surface area contributed by atoms with Crippen LogP contribution in [0, 0.1) is 5.41 Å². The lowest BCUT2D eigenvalue weighted by molar-refractivity contribution is -0.0131. The first kappa shape index (κ1) is 19.3. The number of aliphatic imine (C=N–C) groups is 1. The fraction of sp³-hybridized carbons (Fsp3) is 0.929. The number of nitrogens with one attached hydrogen (secondary N) is 2. The summed E-state index contributed by atoms with van der Waals surface area (Å²) >= 11 is 2.04. The number of rotatable bonds is 5. The molecule has 0 radical (unpaired) electrons. The van der Waals surface area contributed by atoms with Crippen molar-refractivity contribution >= 4 is 41.7 Å². The molecular formula is C14H28IN3O2S. The highest BCUT2D eigenvalue weighted by molar-refractivity contribution is 14.0. The predicted molar refractivity (Wildman–Crippen MR) is 99.8 cm³/mol. The second kappa shape index (κ2) is 10.1. The van der Waals surface area contributed by atoms with Gasteiger partial charge >= 0.3 is 0 Å². The lowest BCUT2D eigenvalue weighted by atomic mass is 9.81. The molecular weight excluding hydrogens is 401 g/mol. The molecule has 0 amide bonds. The third-order valence-corrected chi connectivity index (χ3v) is 5.66. The molecule has 3 N–H and O–H groups in total. The van der Waals surface area contributed by atoms with Crippen molar-refractivity contribution in [2.24, 2.45) is 10.4 Å². The van der Waals surface area contributed by atoms with E-state index in [0.29, 0.717) is 5.25 Å². The van der Waals surface area contributed by atoms with Gasteiger partial charge in [0.1, 0.15) is 0 Å². The molecule has 0 aliphatic carbocycles. The summed E-state index contributed by atoms with van der Waals surface area (Å²) in [6.45, 7) is 3.42. The lowest BCUT2D eigenvalue weighted by Gasteiger charge is -2.36. The van der Waals surface area contributed by atoms with E-state index in [1.165, 1.54) is 18.6 Å². The van der Waals surface area contributed by atoms with Crippen molar-refractivity contribution in [1.29, 1.82) is 0 Å². The van der Waals surface area contributed by atoms with Crippen LogP contribution in [0.4, 0.5) is 0 Å². The van der Waals surface area contributed by atoms with Gasteiger partial charge in [-0.15, -0.1) is 24.0 Å². The monoisotopic (exact) mass is 429 g/mol. The largest absolute Gasteiger partial charge is 0.396 e. The summed E-state index contributed by atoms with van der Waals surface area (Å²) in [6.07, 6.45) is 4.45. The molecule has 0 saturated carbocycles. The summed E-state index contributed by atoms with van der Waals surface area (Å²) in [6, 6.07) is 0. The van der Waals surface area contributed by atoms with Crippen LogP contribution in [0.5, 0.6) is 0 Å². The number of aliphatic hydroxyl groups excluding tert-OH is 1. The van der Waals surface area contributed by atoms with Gasteiger partial charge in [-0.25, -0.2) is 0 Å². The Morgan fingerprint density at radius 1 is 1.38 bits per heavy atom. The normalized spacial score (nSPS) is 25.2. The van der Waals surface area contributed by atoms with Crippen LogP contribution >= 0.6 is 35.7 Å². The third kappa shape index (κ3) is 6.11. The average molecular weight is 429 g/mol. The smallest absolute Gasteiger partial charge is 0.191 e. The van der Waals surface area contributed by atoms with Gasteiger partial charge in [-0.2, -0.15) is 11.8 Å². The van der Waals surface area contributed by atoms with Crippen molar-refractivity contribution in [2.75, 3.05) is 45.7 Å². The van der Waals surface area contributed by atoms with Crippen molar-refractivity contribution in [3.8, 4) is 0 Å². The van der Waals surface area contributed by atoms with Crippen LogP contribution in [-0.2, 0) is 4.74 Å². The Morgan fingerprint density at radius 2 is 2.14 bits per heavy atom. The number of ether oxygens (including phenoxy) is 1. The zero-order valence-electron chi connectivity index (χ0n) is 12.8. The minimum Gasteiger partial charge on any atom is -0.396 e. The van der Waals surface area contributed by atoms with Crippen LogP contribution in [0.1, 0.15) is 25.7 Å². The molecule has 2 rings (SSSR count). The van der Waals surface area contributed by atoms with E-state index in [2.05, 4.69) is 15.6 Å². The van der Waals surface area contributed by atoms with E-state index < -0.39 is 0 Å². The zero-order chi connectivity index (χ0) is 14.3. The Morgan fingerprint density at radius 3 is 2.71 bits per heavy atom. The van der Waals surface area contributed by atoms with Crippen LogP contribution in [0.15, 0.2) is 4.99 Å². The molecule has 1 atom stereocenters. The summed E-state index contributed by atoms with van der Waals surface area (Å²) in [5, 5.41) is 17.1. The number of halogens is 1. The predicted octanol–water partition coefficient (Wildman–Crippen LogP) is 1.45. The Balaban J connectivity index is 0.00000220. The summed E-state index contributed by atoms with van der Waals surface area (Å²) in [5.41, 5.74) is -0.0576. The highest BCUT2D eigenvalue weighted by Gasteiger charge is 2.32.